The van der Waals surface area contributed by atoms with Gasteiger partial charge >= 0.3 is 0 Å². The summed E-state index contributed by atoms with van der Waals surface area (Å²) >= 11 is 0. The van der Waals surface area contributed by atoms with Crippen LogP contribution in [0.2, 0.25) is 0 Å². The third kappa shape index (κ3) is 7.43. The number of unbranched alkanes of at least 4 members (excludes halogenated alkanes) is 1. The Bertz CT molecular complexity index is 841. The lowest BCUT2D eigenvalue weighted by molar-refractivity contribution is 0.215. The first-order valence-corrected chi connectivity index (χ1v) is 10.0. The normalized spacial score (nSPS) is 11.2. The SMILES string of the molecule is C/C=C/COc1cc(C)c(OCCCCOc2ccc(/C=N/OC)cc2F)c(C)c1. The van der Waals surface area contributed by atoms with Crippen molar-refractivity contribution < 1.29 is 23.4 Å². The fourth-order valence-corrected chi connectivity index (χ4v) is 2.85. The highest BCUT2D eigenvalue weighted by molar-refractivity contribution is 5.79. The zero-order valence-electron chi connectivity index (χ0n) is 18.1. The molecule has 0 unspecified atom stereocenters. The largest absolute Gasteiger partial charge is 0.493 e. The van der Waals surface area contributed by atoms with E-state index in [0.717, 1.165) is 35.5 Å². The Morgan fingerprint density at radius 2 is 1.67 bits per heavy atom. The van der Waals surface area contributed by atoms with Crippen LogP contribution in [0.15, 0.2) is 47.6 Å². The predicted octanol–water partition coefficient (Wildman–Crippen LogP) is 5.62. The average molecular weight is 416 g/mol. The molecule has 0 spiro atoms. The van der Waals surface area contributed by atoms with Crippen molar-refractivity contribution in [3.05, 3.63) is 65.0 Å². The second-order valence-corrected chi connectivity index (χ2v) is 6.78. The van der Waals surface area contributed by atoms with E-state index in [4.69, 9.17) is 14.2 Å². The van der Waals surface area contributed by atoms with Crippen LogP contribution in [0.1, 0.15) is 36.5 Å². The highest BCUT2D eigenvalue weighted by Crippen LogP contribution is 2.28. The number of nitrogens with zero attached hydrogens (tertiary/aromatic N) is 1. The number of halogens is 1. The molecule has 0 aromatic heterocycles. The Hall–Kier alpha value is -3.02. The Balaban J connectivity index is 1.74. The summed E-state index contributed by atoms with van der Waals surface area (Å²) in [5, 5.41) is 3.61. The first-order valence-electron chi connectivity index (χ1n) is 10.0. The molecule has 2 rings (SSSR count). The number of allylic oxidation sites excluding steroid dienone is 1. The molecule has 0 aliphatic rings. The maximum atomic E-state index is 14.0. The van der Waals surface area contributed by atoms with E-state index >= 15 is 0 Å². The third-order valence-electron chi connectivity index (χ3n) is 4.32. The minimum Gasteiger partial charge on any atom is -0.493 e. The summed E-state index contributed by atoms with van der Waals surface area (Å²) in [6, 6.07) is 8.65. The van der Waals surface area contributed by atoms with Crippen molar-refractivity contribution in [2.45, 2.75) is 33.6 Å². The van der Waals surface area contributed by atoms with Crippen LogP contribution < -0.4 is 14.2 Å². The molecule has 30 heavy (non-hydrogen) atoms. The fraction of sp³-hybridized carbons (Fsp3) is 0.375. The van der Waals surface area contributed by atoms with Gasteiger partial charge in [0.1, 0.15) is 25.2 Å². The molecule has 162 valence electrons. The summed E-state index contributed by atoms with van der Waals surface area (Å²) < 4.78 is 31.2. The van der Waals surface area contributed by atoms with Crippen molar-refractivity contribution >= 4 is 6.21 Å². The van der Waals surface area contributed by atoms with Crippen LogP contribution in [0.3, 0.4) is 0 Å². The minimum absolute atomic E-state index is 0.227. The lowest BCUT2D eigenvalue weighted by atomic mass is 10.1. The number of rotatable bonds is 12. The molecular formula is C24H30FNO4. The number of benzene rings is 2. The number of aryl methyl sites for hydroxylation is 2. The number of oxime groups is 1. The van der Waals surface area contributed by atoms with Crippen molar-refractivity contribution in [1.82, 2.24) is 0 Å². The van der Waals surface area contributed by atoms with Crippen molar-refractivity contribution in [3.8, 4) is 17.2 Å². The smallest absolute Gasteiger partial charge is 0.165 e. The predicted molar refractivity (Wildman–Crippen MR) is 117 cm³/mol. The molecule has 0 saturated carbocycles. The van der Waals surface area contributed by atoms with E-state index in [-0.39, 0.29) is 5.75 Å². The lowest BCUT2D eigenvalue weighted by Crippen LogP contribution is -2.05. The quantitative estimate of drug-likeness (QED) is 0.195. The van der Waals surface area contributed by atoms with Gasteiger partial charge in [0, 0.05) is 0 Å². The van der Waals surface area contributed by atoms with Gasteiger partial charge < -0.3 is 19.0 Å². The summed E-state index contributed by atoms with van der Waals surface area (Å²) in [7, 11) is 1.44. The summed E-state index contributed by atoms with van der Waals surface area (Å²) in [4.78, 5) is 4.59. The van der Waals surface area contributed by atoms with E-state index in [0.29, 0.717) is 25.4 Å². The molecule has 2 aromatic carbocycles. The third-order valence-corrected chi connectivity index (χ3v) is 4.32. The van der Waals surface area contributed by atoms with E-state index in [1.165, 1.54) is 19.4 Å². The van der Waals surface area contributed by atoms with Gasteiger partial charge in [-0.05, 0) is 80.6 Å². The first-order chi connectivity index (χ1) is 14.5. The Kier molecular flexibility index (Phi) is 9.71. The molecule has 2 aromatic rings. The Morgan fingerprint density at radius 1 is 0.967 bits per heavy atom. The molecule has 0 radical (unpaired) electrons. The number of hydrogen-bond acceptors (Lipinski definition) is 5. The topological polar surface area (TPSA) is 49.3 Å². The Labute approximate surface area is 178 Å². The minimum atomic E-state index is -0.422. The monoisotopic (exact) mass is 415 g/mol. The molecule has 0 aliphatic heterocycles. The van der Waals surface area contributed by atoms with Crippen molar-refractivity contribution in [2.75, 3.05) is 26.9 Å². The van der Waals surface area contributed by atoms with E-state index in [1.807, 2.05) is 45.1 Å². The lowest BCUT2D eigenvalue weighted by Gasteiger charge is -2.14. The van der Waals surface area contributed by atoms with Crippen LogP contribution in [-0.2, 0) is 4.84 Å². The van der Waals surface area contributed by atoms with Crippen LogP contribution >= 0.6 is 0 Å². The molecule has 0 atom stereocenters. The Morgan fingerprint density at radius 3 is 2.30 bits per heavy atom. The van der Waals surface area contributed by atoms with Crippen LogP contribution in [0.4, 0.5) is 4.39 Å². The summed E-state index contributed by atoms with van der Waals surface area (Å²) in [6.45, 7) is 7.53. The summed E-state index contributed by atoms with van der Waals surface area (Å²) in [6.07, 6.45) is 6.93. The molecule has 5 nitrogen and oxygen atoms in total. The molecule has 0 heterocycles. The van der Waals surface area contributed by atoms with Crippen molar-refractivity contribution in [3.63, 3.8) is 0 Å². The van der Waals surface area contributed by atoms with Crippen LogP contribution in [0, 0.1) is 19.7 Å². The van der Waals surface area contributed by atoms with Crippen LogP contribution in [0.5, 0.6) is 17.2 Å². The first kappa shape index (κ1) is 23.3. The maximum absolute atomic E-state index is 14.0. The second kappa shape index (κ2) is 12.5. The van der Waals surface area contributed by atoms with Crippen LogP contribution in [-0.4, -0.2) is 33.1 Å². The average Bonchev–Trinajstić information content (AvgIpc) is 2.72. The molecule has 0 bridgehead atoms. The van der Waals surface area contributed by atoms with E-state index in [2.05, 4.69) is 9.99 Å². The molecule has 0 saturated heterocycles. The summed E-state index contributed by atoms with van der Waals surface area (Å²) in [5.74, 6) is 1.53. The molecular weight excluding hydrogens is 385 g/mol. The van der Waals surface area contributed by atoms with E-state index in [9.17, 15) is 4.39 Å². The van der Waals surface area contributed by atoms with Crippen molar-refractivity contribution in [1.29, 1.82) is 0 Å². The number of hydrogen-bond donors (Lipinski definition) is 0. The highest BCUT2D eigenvalue weighted by Gasteiger charge is 2.08. The molecule has 0 aliphatic carbocycles. The van der Waals surface area contributed by atoms with E-state index in [1.54, 1.807) is 12.1 Å². The van der Waals surface area contributed by atoms with E-state index < -0.39 is 5.82 Å². The summed E-state index contributed by atoms with van der Waals surface area (Å²) in [5.41, 5.74) is 2.70. The van der Waals surface area contributed by atoms with Gasteiger partial charge in [-0.15, -0.1) is 0 Å². The van der Waals surface area contributed by atoms with Gasteiger partial charge in [-0.3, -0.25) is 0 Å². The highest BCUT2D eigenvalue weighted by atomic mass is 19.1. The molecule has 6 heteroatoms. The zero-order chi connectivity index (χ0) is 21.8. The fourth-order valence-electron chi connectivity index (χ4n) is 2.85. The molecule has 0 amide bonds. The zero-order valence-corrected chi connectivity index (χ0v) is 18.1. The number of ether oxygens (including phenoxy) is 3. The van der Waals surface area contributed by atoms with Gasteiger partial charge in [-0.25, -0.2) is 4.39 Å². The van der Waals surface area contributed by atoms with Gasteiger partial charge in [-0.1, -0.05) is 17.3 Å². The van der Waals surface area contributed by atoms with Crippen LogP contribution in [0.25, 0.3) is 0 Å². The molecule has 0 N–H and O–H groups in total. The standard InChI is InChI=1S/C24H30FNO4/c1-5-6-11-28-21-14-18(2)24(19(3)15-21)30-13-8-7-12-29-23-10-9-20(16-22(23)25)17-26-27-4/h5-6,9-10,14-17H,7-8,11-13H2,1-4H3/b6-5+,26-17+. The van der Waals surface area contributed by atoms with Gasteiger partial charge in [0.15, 0.2) is 11.6 Å². The van der Waals surface area contributed by atoms with Gasteiger partial charge in [0.05, 0.1) is 19.4 Å². The maximum Gasteiger partial charge on any atom is 0.165 e. The van der Waals surface area contributed by atoms with Crippen molar-refractivity contribution in [2.24, 2.45) is 5.16 Å². The van der Waals surface area contributed by atoms with Gasteiger partial charge in [0.2, 0.25) is 0 Å². The van der Waals surface area contributed by atoms with Gasteiger partial charge in [0.25, 0.3) is 0 Å². The second-order valence-electron chi connectivity index (χ2n) is 6.78. The molecule has 0 fully saturated rings. The van der Waals surface area contributed by atoms with Gasteiger partial charge in [-0.2, -0.15) is 0 Å².